The van der Waals surface area contributed by atoms with Gasteiger partial charge in [-0.05, 0) is 18.4 Å². The molecule has 0 fully saturated rings. The van der Waals surface area contributed by atoms with Crippen LogP contribution in [0.5, 0.6) is 0 Å². The number of thiophene rings is 1. The van der Waals surface area contributed by atoms with Gasteiger partial charge in [0.2, 0.25) is 5.91 Å². The van der Waals surface area contributed by atoms with Gasteiger partial charge in [-0.2, -0.15) is 0 Å². The van der Waals surface area contributed by atoms with Crippen LogP contribution in [0.15, 0.2) is 17.5 Å². The first-order chi connectivity index (χ1) is 9.04. The summed E-state index contributed by atoms with van der Waals surface area (Å²) in [7, 11) is 0. The van der Waals surface area contributed by atoms with E-state index in [2.05, 4.69) is 15.4 Å². The Morgan fingerprint density at radius 2 is 2.21 bits per heavy atom. The molecule has 0 spiro atoms. The fourth-order valence-corrected chi connectivity index (χ4v) is 2.11. The first-order valence-corrected chi connectivity index (χ1v) is 6.45. The average Bonchev–Trinajstić information content (AvgIpc) is 2.86. The topological polar surface area (TPSA) is 111 Å². The first kappa shape index (κ1) is 15.0. The van der Waals surface area contributed by atoms with E-state index in [-0.39, 0.29) is 13.2 Å². The number of amides is 3. The average molecular weight is 285 g/mol. The lowest BCUT2D eigenvalue weighted by atomic mass is 10.2. The minimum absolute atomic E-state index is 0.239. The molecular weight excluding hydrogens is 270 g/mol. The van der Waals surface area contributed by atoms with Gasteiger partial charge in [-0.3, -0.25) is 9.59 Å². The number of urea groups is 1. The van der Waals surface area contributed by atoms with Crippen molar-refractivity contribution in [3.05, 3.63) is 22.4 Å². The first-order valence-electron chi connectivity index (χ1n) is 5.57. The second kappa shape index (κ2) is 7.37. The van der Waals surface area contributed by atoms with Crippen LogP contribution in [0, 0.1) is 0 Å². The largest absolute Gasteiger partial charge is 0.465 e. The summed E-state index contributed by atoms with van der Waals surface area (Å²) in [5.41, 5.74) is 5.02. The van der Waals surface area contributed by atoms with Crippen LogP contribution in [-0.4, -0.2) is 31.1 Å². The maximum absolute atomic E-state index is 11.9. The second-order valence-corrected chi connectivity index (χ2v) is 4.46. The van der Waals surface area contributed by atoms with Gasteiger partial charge in [0.05, 0.1) is 6.61 Å². The number of carbonyl (C=O) groups is 3. The highest BCUT2D eigenvalue weighted by molar-refractivity contribution is 7.10. The monoisotopic (exact) mass is 285 g/mol. The van der Waals surface area contributed by atoms with Crippen LogP contribution in [0.1, 0.15) is 17.8 Å². The zero-order valence-electron chi connectivity index (χ0n) is 10.3. The summed E-state index contributed by atoms with van der Waals surface area (Å²) < 4.78 is 4.68. The van der Waals surface area contributed by atoms with Crippen molar-refractivity contribution < 1.29 is 19.1 Å². The molecule has 3 amide bonds. The van der Waals surface area contributed by atoms with Gasteiger partial charge in [0.1, 0.15) is 12.6 Å². The molecule has 0 aliphatic heterocycles. The van der Waals surface area contributed by atoms with Crippen molar-refractivity contribution >= 4 is 29.2 Å². The minimum atomic E-state index is -0.910. The van der Waals surface area contributed by atoms with E-state index in [1.807, 2.05) is 0 Å². The quantitative estimate of drug-likeness (QED) is 0.645. The Hall–Kier alpha value is -2.09. The van der Waals surface area contributed by atoms with Crippen molar-refractivity contribution in [2.45, 2.75) is 13.0 Å². The molecule has 0 bridgehead atoms. The summed E-state index contributed by atoms with van der Waals surface area (Å²) in [6.45, 7) is 1.65. The van der Waals surface area contributed by atoms with Crippen LogP contribution in [0.3, 0.4) is 0 Å². The highest BCUT2D eigenvalue weighted by Gasteiger charge is 2.23. The van der Waals surface area contributed by atoms with Gasteiger partial charge in [-0.1, -0.05) is 6.07 Å². The van der Waals surface area contributed by atoms with E-state index in [4.69, 9.17) is 5.73 Å². The van der Waals surface area contributed by atoms with Crippen LogP contribution in [0.2, 0.25) is 0 Å². The van der Waals surface area contributed by atoms with Gasteiger partial charge in [-0.25, -0.2) is 4.79 Å². The lowest BCUT2D eigenvalue weighted by Gasteiger charge is -2.15. The van der Waals surface area contributed by atoms with Crippen LogP contribution in [0.25, 0.3) is 0 Å². The number of hydrogen-bond donors (Lipinski definition) is 3. The third kappa shape index (κ3) is 4.96. The number of rotatable bonds is 6. The third-order valence-corrected chi connectivity index (χ3v) is 3.03. The second-order valence-electron chi connectivity index (χ2n) is 3.48. The Kier molecular flexibility index (Phi) is 5.80. The Morgan fingerprint density at radius 1 is 1.47 bits per heavy atom. The number of nitrogens with two attached hydrogens (primary N) is 1. The molecule has 7 nitrogen and oxygen atoms in total. The molecular formula is C11H15N3O4S. The van der Waals surface area contributed by atoms with E-state index in [9.17, 15) is 14.4 Å². The Labute approximate surface area is 114 Å². The van der Waals surface area contributed by atoms with E-state index in [0.29, 0.717) is 4.88 Å². The van der Waals surface area contributed by atoms with Gasteiger partial charge >= 0.3 is 12.0 Å². The van der Waals surface area contributed by atoms with Crippen molar-refractivity contribution in [2.24, 2.45) is 5.73 Å². The van der Waals surface area contributed by atoms with Gasteiger partial charge in [-0.15, -0.1) is 11.3 Å². The van der Waals surface area contributed by atoms with Crippen molar-refractivity contribution in [2.75, 3.05) is 13.2 Å². The molecule has 104 valence electrons. The van der Waals surface area contributed by atoms with Crippen molar-refractivity contribution in [3.8, 4) is 0 Å². The van der Waals surface area contributed by atoms with Crippen LogP contribution in [-0.2, 0) is 14.3 Å². The molecule has 8 heteroatoms. The van der Waals surface area contributed by atoms with Gasteiger partial charge < -0.3 is 21.1 Å². The summed E-state index contributed by atoms with van der Waals surface area (Å²) in [6, 6.07) is 1.71. The molecule has 19 heavy (non-hydrogen) atoms. The van der Waals surface area contributed by atoms with Crippen molar-refractivity contribution in [1.82, 2.24) is 10.6 Å². The summed E-state index contributed by atoms with van der Waals surface area (Å²) >= 11 is 1.30. The summed E-state index contributed by atoms with van der Waals surface area (Å²) in [4.78, 5) is 34.6. The van der Waals surface area contributed by atoms with Crippen LogP contribution in [0.4, 0.5) is 4.79 Å². The molecule has 0 aliphatic carbocycles. The molecule has 0 saturated heterocycles. The number of nitrogens with one attached hydrogen (secondary N) is 2. The molecule has 1 aromatic rings. The zero-order valence-corrected chi connectivity index (χ0v) is 11.2. The lowest BCUT2D eigenvalue weighted by molar-refractivity contribution is -0.143. The van der Waals surface area contributed by atoms with E-state index in [0.717, 1.165) is 0 Å². The molecule has 1 aromatic heterocycles. The fourth-order valence-electron chi connectivity index (χ4n) is 1.34. The highest BCUT2D eigenvalue weighted by Crippen LogP contribution is 2.18. The Bertz CT molecular complexity index is 447. The Balaban J connectivity index is 2.62. The maximum Gasteiger partial charge on any atom is 0.325 e. The smallest absolute Gasteiger partial charge is 0.325 e. The molecule has 0 aromatic carbocycles. The molecule has 0 radical (unpaired) electrons. The molecule has 0 saturated carbocycles. The zero-order chi connectivity index (χ0) is 14.3. The molecule has 4 N–H and O–H groups in total. The number of ether oxygens (including phenoxy) is 1. The van der Waals surface area contributed by atoms with Gasteiger partial charge in [0, 0.05) is 4.88 Å². The highest BCUT2D eigenvalue weighted by atomic mass is 32.1. The van der Waals surface area contributed by atoms with E-state index >= 15 is 0 Å². The number of primary amides is 1. The number of hydrogen-bond acceptors (Lipinski definition) is 5. The fraction of sp³-hybridized carbons (Fsp3) is 0.364. The van der Waals surface area contributed by atoms with Gasteiger partial charge in [0.15, 0.2) is 0 Å². The predicted molar refractivity (Wildman–Crippen MR) is 69.4 cm³/mol. The molecule has 1 atom stereocenters. The van der Waals surface area contributed by atoms with Crippen LogP contribution < -0.4 is 16.4 Å². The summed E-state index contributed by atoms with van der Waals surface area (Å²) in [6.07, 6.45) is 0. The lowest BCUT2D eigenvalue weighted by Crippen LogP contribution is -2.43. The van der Waals surface area contributed by atoms with Crippen LogP contribution >= 0.6 is 11.3 Å². The van der Waals surface area contributed by atoms with Gasteiger partial charge in [0.25, 0.3) is 0 Å². The maximum atomic E-state index is 11.9. The normalized spacial score (nSPS) is 11.4. The Morgan fingerprint density at radius 3 is 2.74 bits per heavy atom. The van der Waals surface area contributed by atoms with E-state index < -0.39 is 23.9 Å². The molecule has 1 rings (SSSR count). The van der Waals surface area contributed by atoms with E-state index in [1.165, 1.54) is 11.3 Å². The predicted octanol–water partition coefficient (Wildman–Crippen LogP) is 0.137. The molecule has 1 heterocycles. The number of carbonyl (C=O) groups excluding carboxylic acids is 3. The number of esters is 1. The van der Waals surface area contributed by atoms with Crippen molar-refractivity contribution in [1.29, 1.82) is 0 Å². The van der Waals surface area contributed by atoms with Crippen molar-refractivity contribution in [3.63, 3.8) is 0 Å². The third-order valence-electron chi connectivity index (χ3n) is 2.09. The standard InChI is InChI=1S/C11H15N3O4S/c1-2-18-8(15)6-13-10(16)9(14-11(12)17)7-4-3-5-19-7/h3-5,9H,2,6H2,1H3,(H,13,16)(H3,12,14,17). The molecule has 1 unspecified atom stereocenters. The summed E-state index contributed by atoms with van der Waals surface area (Å²) in [5, 5.41) is 6.47. The van der Waals surface area contributed by atoms with E-state index in [1.54, 1.807) is 24.4 Å². The SMILES string of the molecule is CCOC(=O)CNC(=O)C(NC(N)=O)c1cccs1. The minimum Gasteiger partial charge on any atom is -0.465 e. The molecule has 0 aliphatic rings. The summed E-state index contributed by atoms with van der Waals surface area (Å²) in [5.74, 6) is -1.06.